The topological polar surface area (TPSA) is 97.0 Å². The number of pyridine rings is 1. The first-order valence-electron chi connectivity index (χ1n) is 9.28. The highest BCUT2D eigenvalue weighted by atomic mass is 35.5. The summed E-state index contributed by atoms with van der Waals surface area (Å²) >= 11 is 12.0. The van der Waals surface area contributed by atoms with Crippen LogP contribution in [0, 0.1) is 0 Å². The molecule has 0 bridgehead atoms. The van der Waals surface area contributed by atoms with Crippen LogP contribution in [0.2, 0.25) is 10.0 Å². The maximum absolute atomic E-state index is 12.6. The van der Waals surface area contributed by atoms with E-state index < -0.39 is 18.0 Å². The zero-order chi connectivity index (χ0) is 22.0. The number of halogens is 2. The van der Waals surface area contributed by atoms with Crippen LogP contribution in [-0.4, -0.2) is 32.9 Å². The number of aromatic amines is 1. The van der Waals surface area contributed by atoms with E-state index in [1.807, 2.05) is 12.1 Å². The highest BCUT2D eigenvalue weighted by Crippen LogP contribution is 2.29. The average Bonchev–Trinajstić information content (AvgIpc) is 3.21. The van der Waals surface area contributed by atoms with Crippen molar-refractivity contribution >= 4 is 51.8 Å². The minimum atomic E-state index is -1.05. The zero-order valence-electron chi connectivity index (χ0n) is 16.2. The van der Waals surface area contributed by atoms with Gasteiger partial charge in [0.25, 0.3) is 5.91 Å². The second-order valence-corrected chi connectivity index (χ2v) is 7.48. The molecule has 4 aromatic rings. The predicted molar refractivity (Wildman–Crippen MR) is 119 cm³/mol. The number of H-pyrrole nitrogens is 1. The lowest BCUT2D eigenvalue weighted by Gasteiger charge is -2.14. The Morgan fingerprint density at radius 1 is 1.13 bits per heavy atom. The van der Waals surface area contributed by atoms with E-state index in [2.05, 4.69) is 20.3 Å². The minimum absolute atomic E-state index is 0.213. The third-order valence-corrected chi connectivity index (χ3v) is 5.33. The van der Waals surface area contributed by atoms with Crippen molar-refractivity contribution in [3.63, 3.8) is 0 Å². The number of anilines is 1. The van der Waals surface area contributed by atoms with Crippen molar-refractivity contribution in [3.05, 3.63) is 76.5 Å². The molecule has 0 spiro atoms. The number of aromatic nitrogens is 3. The molecule has 2 N–H and O–H groups in total. The summed E-state index contributed by atoms with van der Waals surface area (Å²) in [5.74, 6) is -0.530. The van der Waals surface area contributed by atoms with Gasteiger partial charge in [0.1, 0.15) is 5.82 Å². The van der Waals surface area contributed by atoms with Gasteiger partial charge >= 0.3 is 5.97 Å². The Kier molecular flexibility index (Phi) is 5.88. The largest absolute Gasteiger partial charge is 0.449 e. The van der Waals surface area contributed by atoms with Crippen LogP contribution in [0.1, 0.15) is 17.3 Å². The number of benzene rings is 2. The molecule has 1 atom stereocenters. The Morgan fingerprint density at radius 3 is 2.74 bits per heavy atom. The second-order valence-electron chi connectivity index (χ2n) is 6.70. The molecule has 1 amide bonds. The number of amides is 1. The predicted octanol–water partition coefficient (Wildman–Crippen LogP) is 5.12. The number of fused-ring (bicyclic) bond motifs is 1. The average molecular weight is 455 g/mol. The van der Waals surface area contributed by atoms with E-state index in [9.17, 15) is 9.59 Å². The Hall–Kier alpha value is -3.42. The molecule has 0 saturated heterocycles. The van der Waals surface area contributed by atoms with Gasteiger partial charge in [-0.15, -0.1) is 0 Å². The van der Waals surface area contributed by atoms with Crippen molar-refractivity contribution in [1.29, 1.82) is 0 Å². The molecule has 2 aromatic heterocycles. The quantitative estimate of drug-likeness (QED) is 0.408. The van der Waals surface area contributed by atoms with Crippen LogP contribution in [-0.2, 0) is 9.53 Å². The molecule has 2 heterocycles. The molecule has 4 rings (SSSR count). The minimum Gasteiger partial charge on any atom is -0.449 e. The van der Waals surface area contributed by atoms with Crippen LogP contribution in [0.25, 0.3) is 22.4 Å². The molecule has 0 saturated carbocycles. The van der Waals surface area contributed by atoms with Gasteiger partial charge in [0.2, 0.25) is 0 Å². The highest BCUT2D eigenvalue weighted by Gasteiger charge is 2.21. The summed E-state index contributed by atoms with van der Waals surface area (Å²) in [6, 6.07) is 13.5. The summed E-state index contributed by atoms with van der Waals surface area (Å²) in [5, 5.41) is 3.13. The molecule has 0 aliphatic rings. The lowest BCUT2D eigenvalue weighted by Crippen LogP contribution is -2.30. The summed E-state index contributed by atoms with van der Waals surface area (Å²) in [6.07, 6.45) is 2.32. The molecule has 9 heteroatoms. The number of carbonyl (C=O) groups excluding carboxylic acids is 2. The van der Waals surface area contributed by atoms with Crippen LogP contribution >= 0.6 is 23.2 Å². The normalized spacial score (nSPS) is 11.8. The fraction of sp³-hybridized carbons (Fsp3) is 0.0909. The third kappa shape index (κ3) is 4.52. The first-order chi connectivity index (χ1) is 14.9. The number of rotatable bonds is 5. The van der Waals surface area contributed by atoms with Gasteiger partial charge in [-0.25, -0.2) is 9.78 Å². The summed E-state index contributed by atoms with van der Waals surface area (Å²) in [6.45, 7) is 1.47. The molecule has 156 valence electrons. The number of ether oxygens (including phenoxy) is 1. The van der Waals surface area contributed by atoms with Crippen LogP contribution in [0.5, 0.6) is 0 Å². The van der Waals surface area contributed by atoms with Gasteiger partial charge in [0.15, 0.2) is 6.10 Å². The third-order valence-electron chi connectivity index (χ3n) is 4.52. The molecule has 0 aliphatic carbocycles. The maximum atomic E-state index is 12.6. The molecule has 0 radical (unpaired) electrons. The van der Waals surface area contributed by atoms with Gasteiger partial charge in [-0.05, 0) is 49.4 Å². The van der Waals surface area contributed by atoms with Crippen LogP contribution in [0.4, 0.5) is 5.69 Å². The smallest absolute Gasteiger partial charge is 0.338 e. The van der Waals surface area contributed by atoms with Gasteiger partial charge in [-0.2, -0.15) is 0 Å². The lowest BCUT2D eigenvalue weighted by molar-refractivity contribution is -0.123. The molecule has 0 fully saturated rings. The van der Waals surface area contributed by atoms with Gasteiger partial charge in [-0.3, -0.25) is 9.78 Å². The number of nitrogens with zero attached hydrogens (tertiary/aromatic N) is 2. The highest BCUT2D eigenvalue weighted by molar-refractivity contribution is 6.44. The maximum Gasteiger partial charge on any atom is 0.338 e. The summed E-state index contributed by atoms with van der Waals surface area (Å²) in [7, 11) is 0. The molecular formula is C22H16Cl2N4O3. The van der Waals surface area contributed by atoms with E-state index in [1.54, 1.807) is 48.8 Å². The number of imidazole rings is 1. The van der Waals surface area contributed by atoms with Gasteiger partial charge in [0, 0.05) is 18.0 Å². The molecule has 31 heavy (non-hydrogen) atoms. The zero-order valence-corrected chi connectivity index (χ0v) is 17.7. The first kappa shape index (κ1) is 20.8. The summed E-state index contributed by atoms with van der Waals surface area (Å²) < 4.78 is 5.31. The lowest BCUT2D eigenvalue weighted by atomic mass is 10.2. The molecule has 2 aromatic carbocycles. The van der Waals surface area contributed by atoms with Crippen molar-refractivity contribution in [2.75, 3.05) is 5.32 Å². The number of hydrogen-bond donors (Lipinski definition) is 2. The van der Waals surface area contributed by atoms with Gasteiger partial charge < -0.3 is 15.0 Å². The summed E-state index contributed by atoms with van der Waals surface area (Å²) in [5.41, 5.74) is 2.80. The van der Waals surface area contributed by atoms with Gasteiger partial charge in [-0.1, -0.05) is 29.3 Å². The Balaban J connectivity index is 1.47. The van der Waals surface area contributed by atoms with E-state index >= 15 is 0 Å². The van der Waals surface area contributed by atoms with Crippen molar-refractivity contribution in [2.45, 2.75) is 13.0 Å². The van der Waals surface area contributed by atoms with Crippen molar-refractivity contribution < 1.29 is 14.3 Å². The van der Waals surface area contributed by atoms with Crippen molar-refractivity contribution in [1.82, 2.24) is 15.0 Å². The molecule has 0 aliphatic heterocycles. The summed E-state index contributed by atoms with van der Waals surface area (Å²) in [4.78, 5) is 36.7. The number of nitrogens with one attached hydrogen (secondary N) is 2. The Morgan fingerprint density at radius 2 is 1.97 bits per heavy atom. The monoisotopic (exact) mass is 454 g/mol. The number of hydrogen-bond acceptors (Lipinski definition) is 5. The van der Waals surface area contributed by atoms with Crippen LogP contribution in [0.3, 0.4) is 0 Å². The van der Waals surface area contributed by atoms with Crippen molar-refractivity contribution in [3.8, 4) is 11.4 Å². The van der Waals surface area contributed by atoms with Crippen molar-refractivity contribution in [2.24, 2.45) is 0 Å². The van der Waals surface area contributed by atoms with Gasteiger partial charge in [0.05, 0.1) is 32.3 Å². The number of carbonyl (C=O) groups is 2. The van der Waals surface area contributed by atoms with E-state index in [0.29, 0.717) is 27.6 Å². The molecule has 1 unspecified atom stereocenters. The fourth-order valence-corrected chi connectivity index (χ4v) is 3.24. The molecular weight excluding hydrogens is 439 g/mol. The number of esters is 1. The second kappa shape index (κ2) is 8.75. The van der Waals surface area contributed by atoms with Crippen LogP contribution in [0.15, 0.2) is 60.9 Å². The van der Waals surface area contributed by atoms with E-state index in [4.69, 9.17) is 27.9 Å². The Bertz CT molecular complexity index is 1270. The first-order valence-corrected chi connectivity index (χ1v) is 10.0. The molecule has 7 nitrogen and oxygen atoms in total. The van der Waals surface area contributed by atoms with E-state index in [1.165, 1.54) is 6.92 Å². The van der Waals surface area contributed by atoms with Crippen LogP contribution < -0.4 is 5.32 Å². The fourth-order valence-electron chi connectivity index (χ4n) is 2.89. The Labute approximate surface area is 187 Å². The standard InChI is InChI=1S/C22H16Cl2N4O3/c1-12(21(29)28-17-6-2-5-15(23)19(17)24)31-22(30)13-7-8-16-18(10-13)27-20(26-16)14-4-3-9-25-11-14/h2-12H,1H3,(H,26,27)(H,28,29). The van der Waals surface area contributed by atoms with E-state index in [0.717, 1.165) is 5.56 Å². The SMILES string of the molecule is CC(OC(=O)c1ccc2nc(-c3cccnc3)[nH]c2c1)C(=O)Nc1cccc(Cl)c1Cl. The van der Waals surface area contributed by atoms with E-state index in [-0.39, 0.29) is 10.6 Å².